The molecule has 3 heterocycles. The lowest BCUT2D eigenvalue weighted by Gasteiger charge is -2.36. The molecule has 3 rings (SSSR count). The number of fused-ring (bicyclic) bond motifs is 2. The molecule has 0 unspecified atom stereocenters. The van der Waals surface area contributed by atoms with Crippen LogP contribution in [0, 0.1) is 0 Å². The van der Waals surface area contributed by atoms with E-state index in [0.717, 1.165) is 37.0 Å². The molecular weight excluding hydrogens is 310 g/mol. The Morgan fingerprint density at radius 3 is 2.45 bits per heavy atom. The summed E-state index contributed by atoms with van der Waals surface area (Å²) in [5.41, 5.74) is 0. The first-order valence-corrected chi connectivity index (χ1v) is 10.8. The second-order valence-electron chi connectivity index (χ2n) is 5.62. The normalized spacial score (nSPS) is 30.8. The van der Waals surface area contributed by atoms with Gasteiger partial charge in [0.15, 0.2) is 0 Å². The van der Waals surface area contributed by atoms with Gasteiger partial charge in [-0.3, -0.25) is 0 Å². The van der Waals surface area contributed by atoms with Crippen LogP contribution in [0.2, 0.25) is 0 Å². The molecule has 2 aliphatic rings. The topological polar surface area (TPSA) is 37.4 Å². The van der Waals surface area contributed by atoms with Crippen molar-refractivity contribution in [2.75, 3.05) is 6.26 Å². The Morgan fingerprint density at radius 1 is 1.30 bits per heavy atom. The third-order valence-corrected chi connectivity index (χ3v) is 9.23. The minimum Gasteiger partial charge on any atom is -0.206 e. The Morgan fingerprint density at radius 2 is 1.95 bits per heavy atom. The van der Waals surface area contributed by atoms with Crippen molar-refractivity contribution >= 4 is 33.1 Å². The van der Waals surface area contributed by atoms with Crippen molar-refractivity contribution in [3.8, 4) is 0 Å². The van der Waals surface area contributed by atoms with Crippen molar-refractivity contribution in [1.29, 1.82) is 0 Å². The summed E-state index contributed by atoms with van der Waals surface area (Å²) in [5.74, 6) is 0. The third-order valence-electron chi connectivity index (χ3n) is 4.47. The molecule has 1 aromatic heterocycles. The first-order chi connectivity index (χ1) is 9.56. The Labute approximate surface area is 129 Å². The van der Waals surface area contributed by atoms with Crippen LogP contribution in [0.1, 0.15) is 37.5 Å². The lowest BCUT2D eigenvalue weighted by atomic mass is 10.1. The number of nitrogens with zero attached hydrogens (tertiary/aromatic N) is 1. The van der Waals surface area contributed by atoms with Crippen LogP contribution in [-0.2, 0) is 16.4 Å². The summed E-state index contributed by atoms with van der Waals surface area (Å²) in [7, 11) is -3.28. The van der Waals surface area contributed by atoms with Crippen LogP contribution < -0.4 is 0 Å². The predicted molar refractivity (Wildman–Crippen MR) is 86.1 cm³/mol. The second kappa shape index (κ2) is 5.63. The fourth-order valence-electron chi connectivity index (χ4n) is 3.46. The van der Waals surface area contributed by atoms with E-state index in [1.807, 2.05) is 22.1 Å². The molecule has 6 heteroatoms. The van der Waals surface area contributed by atoms with Crippen LogP contribution in [-0.4, -0.2) is 36.3 Å². The SMILES string of the molecule is CCc1ccc(S(=O)(=O)N2[C@H]3CC[C@H]2CC(SC)C3)s1. The van der Waals surface area contributed by atoms with E-state index < -0.39 is 10.0 Å². The molecule has 2 atom stereocenters. The molecule has 2 aliphatic heterocycles. The molecule has 2 fully saturated rings. The van der Waals surface area contributed by atoms with Gasteiger partial charge in [0, 0.05) is 22.2 Å². The van der Waals surface area contributed by atoms with Gasteiger partial charge in [-0.25, -0.2) is 8.42 Å². The van der Waals surface area contributed by atoms with Crippen molar-refractivity contribution < 1.29 is 8.42 Å². The van der Waals surface area contributed by atoms with E-state index in [2.05, 4.69) is 13.2 Å². The van der Waals surface area contributed by atoms with E-state index in [9.17, 15) is 8.42 Å². The smallest absolute Gasteiger partial charge is 0.206 e. The largest absolute Gasteiger partial charge is 0.253 e. The summed E-state index contributed by atoms with van der Waals surface area (Å²) in [6.45, 7) is 2.07. The minimum absolute atomic E-state index is 0.225. The number of piperidine rings is 1. The summed E-state index contributed by atoms with van der Waals surface area (Å²) in [6.07, 6.45) is 7.15. The summed E-state index contributed by atoms with van der Waals surface area (Å²) in [5, 5.41) is 0.633. The zero-order valence-corrected chi connectivity index (χ0v) is 14.4. The van der Waals surface area contributed by atoms with Gasteiger partial charge in [-0.1, -0.05) is 6.92 Å². The second-order valence-corrected chi connectivity index (χ2v) is 10.00. The molecule has 0 aromatic carbocycles. The lowest BCUT2D eigenvalue weighted by Crippen LogP contribution is -2.46. The lowest BCUT2D eigenvalue weighted by molar-refractivity contribution is 0.254. The van der Waals surface area contributed by atoms with Gasteiger partial charge in [0.1, 0.15) is 4.21 Å². The van der Waals surface area contributed by atoms with Crippen LogP contribution in [0.5, 0.6) is 0 Å². The maximum Gasteiger partial charge on any atom is 0.253 e. The summed E-state index contributed by atoms with van der Waals surface area (Å²) < 4.78 is 28.2. The Hall–Kier alpha value is -0.0400. The Balaban J connectivity index is 1.89. The van der Waals surface area contributed by atoms with Crippen molar-refractivity contribution in [3.63, 3.8) is 0 Å². The summed E-state index contributed by atoms with van der Waals surface area (Å²) in [4.78, 5) is 1.15. The van der Waals surface area contributed by atoms with Crippen molar-refractivity contribution in [2.24, 2.45) is 0 Å². The molecule has 2 bridgehead atoms. The van der Waals surface area contributed by atoms with Crippen LogP contribution in [0.3, 0.4) is 0 Å². The molecule has 0 saturated carbocycles. The highest BCUT2D eigenvalue weighted by atomic mass is 32.2. The highest BCUT2D eigenvalue weighted by molar-refractivity contribution is 7.99. The van der Waals surface area contributed by atoms with E-state index in [0.29, 0.717) is 9.46 Å². The maximum absolute atomic E-state index is 12.9. The minimum atomic E-state index is -3.28. The van der Waals surface area contributed by atoms with E-state index in [-0.39, 0.29) is 12.1 Å². The van der Waals surface area contributed by atoms with E-state index in [4.69, 9.17) is 0 Å². The predicted octanol–water partition coefficient (Wildman–Crippen LogP) is 3.36. The van der Waals surface area contributed by atoms with Crippen molar-refractivity contribution in [3.05, 3.63) is 17.0 Å². The van der Waals surface area contributed by atoms with Gasteiger partial charge in [0.05, 0.1) is 0 Å². The van der Waals surface area contributed by atoms with Gasteiger partial charge in [-0.05, 0) is 50.5 Å². The van der Waals surface area contributed by atoms with Crippen LogP contribution in [0.4, 0.5) is 0 Å². The number of hydrogen-bond donors (Lipinski definition) is 0. The summed E-state index contributed by atoms with van der Waals surface area (Å²) >= 11 is 3.33. The van der Waals surface area contributed by atoms with Crippen LogP contribution in [0.25, 0.3) is 0 Å². The van der Waals surface area contributed by atoms with Gasteiger partial charge >= 0.3 is 0 Å². The average Bonchev–Trinajstić information content (AvgIpc) is 3.02. The molecule has 112 valence electrons. The molecule has 0 spiro atoms. The fraction of sp³-hybridized carbons (Fsp3) is 0.714. The molecule has 2 saturated heterocycles. The van der Waals surface area contributed by atoms with Gasteiger partial charge in [-0.2, -0.15) is 16.1 Å². The number of sulfonamides is 1. The zero-order chi connectivity index (χ0) is 14.3. The van der Waals surface area contributed by atoms with Crippen molar-refractivity contribution in [2.45, 2.75) is 60.6 Å². The Kier molecular flexibility index (Phi) is 4.19. The molecule has 0 radical (unpaired) electrons. The third kappa shape index (κ3) is 2.45. The monoisotopic (exact) mass is 331 g/mol. The van der Waals surface area contributed by atoms with E-state index >= 15 is 0 Å². The maximum atomic E-state index is 12.9. The fourth-order valence-corrected chi connectivity index (χ4v) is 7.58. The number of thiophene rings is 1. The molecule has 0 aliphatic carbocycles. The first-order valence-electron chi connectivity index (χ1n) is 7.21. The highest BCUT2D eigenvalue weighted by Crippen LogP contribution is 2.43. The number of hydrogen-bond acceptors (Lipinski definition) is 4. The molecule has 0 amide bonds. The first kappa shape index (κ1) is 14.9. The van der Waals surface area contributed by atoms with E-state index in [1.165, 1.54) is 11.3 Å². The average molecular weight is 332 g/mol. The standard InChI is InChI=1S/C14H21NO2S3/c1-3-12-6-7-14(19-12)20(16,17)15-10-4-5-11(15)9-13(8-10)18-2/h6-7,10-11,13H,3-5,8-9H2,1-2H3/t10-,11-/m0/s1. The molecule has 3 nitrogen and oxygen atoms in total. The van der Waals surface area contributed by atoms with Crippen LogP contribution >= 0.6 is 23.1 Å². The number of aryl methyl sites for hydroxylation is 1. The zero-order valence-electron chi connectivity index (χ0n) is 11.9. The molecule has 1 aromatic rings. The molecular formula is C14H21NO2S3. The highest BCUT2D eigenvalue weighted by Gasteiger charge is 2.47. The van der Waals surface area contributed by atoms with Gasteiger partial charge < -0.3 is 0 Å². The Bertz CT molecular complexity index is 567. The van der Waals surface area contributed by atoms with Crippen LogP contribution in [0.15, 0.2) is 16.3 Å². The summed E-state index contributed by atoms with van der Waals surface area (Å²) in [6, 6.07) is 4.19. The van der Waals surface area contributed by atoms with E-state index in [1.54, 1.807) is 6.07 Å². The number of thioether (sulfide) groups is 1. The quantitative estimate of drug-likeness (QED) is 0.849. The van der Waals surface area contributed by atoms with Crippen molar-refractivity contribution in [1.82, 2.24) is 4.31 Å². The van der Waals surface area contributed by atoms with Gasteiger partial charge in [0.2, 0.25) is 0 Å². The van der Waals surface area contributed by atoms with Gasteiger partial charge in [-0.15, -0.1) is 11.3 Å². The molecule has 0 N–H and O–H groups in total. The number of rotatable bonds is 4. The molecule has 20 heavy (non-hydrogen) atoms. The van der Waals surface area contributed by atoms with Gasteiger partial charge in [0.25, 0.3) is 10.0 Å².